The maximum Gasteiger partial charge on any atom is 0.343 e. The van der Waals surface area contributed by atoms with Crippen LogP contribution in [0.15, 0.2) is 90.8 Å². The molecule has 1 unspecified atom stereocenters. The van der Waals surface area contributed by atoms with Gasteiger partial charge in [0.25, 0.3) is 0 Å². The lowest BCUT2D eigenvalue weighted by atomic mass is 9.83. The molecule has 0 saturated carbocycles. The Hall–Kier alpha value is -4.57. The monoisotopic (exact) mass is 442 g/mol. The number of carbonyl (C=O) groups excluding carboxylic acids is 1. The summed E-state index contributed by atoms with van der Waals surface area (Å²) in [4.78, 5) is 12.6. The number of nitrogens with two attached hydrogens (primary N) is 1. The molecular formula is C26H19FN2O4. The van der Waals surface area contributed by atoms with Crippen LogP contribution in [0.1, 0.15) is 27.4 Å². The van der Waals surface area contributed by atoms with Crippen LogP contribution in [-0.2, 0) is 0 Å². The first-order chi connectivity index (χ1) is 16.0. The van der Waals surface area contributed by atoms with Gasteiger partial charge in [-0.2, -0.15) is 5.26 Å². The van der Waals surface area contributed by atoms with E-state index in [1.807, 2.05) is 6.07 Å². The number of carbonyl (C=O) groups is 1. The van der Waals surface area contributed by atoms with Gasteiger partial charge < -0.3 is 19.9 Å². The third-order valence-electron chi connectivity index (χ3n) is 5.08. The van der Waals surface area contributed by atoms with Gasteiger partial charge in [0.1, 0.15) is 41.3 Å². The highest BCUT2D eigenvalue weighted by atomic mass is 19.1. The third kappa shape index (κ3) is 4.41. The summed E-state index contributed by atoms with van der Waals surface area (Å²) >= 11 is 0. The molecule has 33 heavy (non-hydrogen) atoms. The second-order valence-electron chi connectivity index (χ2n) is 7.16. The molecule has 1 aliphatic rings. The summed E-state index contributed by atoms with van der Waals surface area (Å²) in [6.45, 7) is 3.94. The van der Waals surface area contributed by atoms with Crippen molar-refractivity contribution in [3.8, 4) is 23.3 Å². The molecule has 0 aliphatic carbocycles. The van der Waals surface area contributed by atoms with Gasteiger partial charge in [-0.15, -0.1) is 0 Å². The second kappa shape index (κ2) is 9.28. The molecule has 164 valence electrons. The molecule has 1 heterocycles. The molecule has 2 N–H and O–H groups in total. The molecule has 0 bridgehead atoms. The first kappa shape index (κ1) is 21.7. The lowest BCUT2D eigenvalue weighted by molar-refractivity contribution is 0.0734. The second-order valence-corrected chi connectivity index (χ2v) is 7.16. The maximum absolute atomic E-state index is 14.5. The Morgan fingerprint density at radius 1 is 1.12 bits per heavy atom. The summed E-state index contributed by atoms with van der Waals surface area (Å²) < 4.78 is 31.0. The van der Waals surface area contributed by atoms with Crippen molar-refractivity contribution in [2.24, 2.45) is 5.73 Å². The SMILES string of the molecule is C=CCOc1ccc(C(=O)Oc2ccc3c(c2)OC(N)=C(C#N)C3c2ccccc2F)cc1. The number of ether oxygens (including phenoxy) is 3. The van der Waals surface area contributed by atoms with Crippen molar-refractivity contribution < 1.29 is 23.4 Å². The van der Waals surface area contributed by atoms with Gasteiger partial charge >= 0.3 is 5.97 Å². The average molecular weight is 442 g/mol. The van der Waals surface area contributed by atoms with Gasteiger partial charge in [0, 0.05) is 17.2 Å². The molecule has 1 aliphatic heterocycles. The standard InChI is InChI=1S/C26H19FN2O4/c1-2-13-31-17-9-7-16(8-10-17)26(30)32-18-11-12-20-23(14-18)33-25(29)21(15-28)24(20)19-5-3-4-6-22(19)27/h2-12,14,24H,1,13,29H2. The molecule has 3 aromatic rings. The van der Waals surface area contributed by atoms with Crippen molar-refractivity contribution >= 4 is 5.97 Å². The lowest BCUT2D eigenvalue weighted by Crippen LogP contribution is -2.21. The van der Waals surface area contributed by atoms with Crippen molar-refractivity contribution in [2.45, 2.75) is 5.92 Å². The van der Waals surface area contributed by atoms with Gasteiger partial charge in [-0.05, 0) is 36.4 Å². The number of halogens is 1. The molecule has 0 radical (unpaired) electrons. The molecule has 7 heteroatoms. The number of nitrogens with zero attached hydrogens (tertiary/aromatic N) is 1. The summed E-state index contributed by atoms with van der Waals surface area (Å²) in [7, 11) is 0. The quantitative estimate of drug-likeness (QED) is 0.334. The number of fused-ring (bicyclic) bond motifs is 1. The minimum atomic E-state index is -0.743. The van der Waals surface area contributed by atoms with E-state index < -0.39 is 17.7 Å². The number of rotatable bonds is 6. The Bertz CT molecular complexity index is 1290. The van der Waals surface area contributed by atoms with E-state index >= 15 is 0 Å². The first-order valence-electron chi connectivity index (χ1n) is 10.0. The van der Waals surface area contributed by atoms with E-state index in [9.17, 15) is 14.4 Å². The number of nitriles is 1. The van der Waals surface area contributed by atoms with E-state index in [1.54, 1.807) is 60.7 Å². The molecular weight excluding hydrogens is 423 g/mol. The van der Waals surface area contributed by atoms with Crippen LogP contribution in [0.5, 0.6) is 17.2 Å². The zero-order valence-corrected chi connectivity index (χ0v) is 17.5. The summed E-state index contributed by atoms with van der Waals surface area (Å²) in [5, 5.41) is 9.60. The molecule has 3 aromatic carbocycles. The third-order valence-corrected chi connectivity index (χ3v) is 5.08. The van der Waals surface area contributed by atoms with Crippen LogP contribution in [0.2, 0.25) is 0 Å². The highest BCUT2D eigenvalue weighted by Crippen LogP contribution is 2.44. The Balaban J connectivity index is 1.61. The van der Waals surface area contributed by atoms with Gasteiger partial charge in [-0.25, -0.2) is 9.18 Å². The highest BCUT2D eigenvalue weighted by Gasteiger charge is 2.32. The van der Waals surface area contributed by atoms with E-state index in [-0.39, 0.29) is 23.0 Å². The minimum absolute atomic E-state index is 0.108. The number of hydrogen-bond acceptors (Lipinski definition) is 6. The fourth-order valence-corrected chi connectivity index (χ4v) is 3.54. The summed E-state index contributed by atoms with van der Waals surface area (Å²) in [6, 6.07) is 19.4. The van der Waals surface area contributed by atoms with Gasteiger partial charge in [-0.1, -0.05) is 36.9 Å². The van der Waals surface area contributed by atoms with Crippen molar-refractivity contribution in [2.75, 3.05) is 6.61 Å². The average Bonchev–Trinajstić information content (AvgIpc) is 2.82. The Kier molecular flexibility index (Phi) is 6.09. The van der Waals surface area contributed by atoms with Crippen LogP contribution < -0.4 is 19.9 Å². The maximum atomic E-state index is 14.5. The molecule has 0 fully saturated rings. The molecule has 1 atom stereocenters. The van der Waals surface area contributed by atoms with Crippen LogP contribution in [0.4, 0.5) is 4.39 Å². The van der Waals surface area contributed by atoms with Crippen molar-refractivity contribution in [1.29, 1.82) is 5.26 Å². The molecule has 0 spiro atoms. The number of allylic oxidation sites excluding steroid dienone is 1. The van der Waals surface area contributed by atoms with Crippen LogP contribution >= 0.6 is 0 Å². The van der Waals surface area contributed by atoms with Gasteiger partial charge in [0.15, 0.2) is 0 Å². The molecule has 4 rings (SSSR count). The zero-order valence-electron chi connectivity index (χ0n) is 17.5. The lowest BCUT2D eigenvalue weighted by Gasteiger charge is -2.27. The van der Waals surface area contributed by atoms with E-state index in [0.717, 1.165) is 0 Å². The normalized spacial score (nSPS) is 14.5. The molecule has 0 aromatic heterocycles. The summed E-state index contributed by atoms with van der Waals surface area (Å²) in [6.07, 6.45) is 1.62. The Morgan fingerprint density at radius 2 is 1.85 bits per heavy atom. The highest BCUT2D eigenvalue weighted by molar-refractivity contribution is 5.91. The fourth-order valence-electron chi connectivity index (χ4n) is 3.54. The van der Waals surface area contributed by atoms with E-state index in [2.05, 4.69) is 6.58 Å². The van der Waals surface area contributed by atoms with Crippen LogP contribution in [0.25, 0.3) is 0 Å². The zero-order chi connectivity index (χ0) is 23.4. The largest absolute Gasteiger partial charge is 0.490 e. The van der Waals surface area contributed by atoms with Crippen LogP contribution in [-0.4, -0.2) is 12.6 Å². The molecule has 0 amide bonds. The van der Waals surface area contributed by atoms with E-state index in [1.165, 1.54) is 12.1 Å². The first-order valence-corrected chi connectivity index (χ1v) is 10.0. The van der Waals surface area contributed by atoms with E-state index in [4.69, 9.17) is 19.9 Å². The van der Waals surface area contributed by atoms with Crippen molar-refractivity contribution in [1.82, 2.24) is 0 Å². The summed E-state index contributed by atoms with van der Waals surface area (Å²) in [5.41, 5.74) is 7.23. The van der Waals surface area contributed by atoms with Crippen LogP contribution in [0, 0.1) is 17.1 Å². The number of hydrogen-bond donors (Lipinski definition) is 1. The molecule has 6 nitrogen and oxygen atoms in total. The van der Waals surface area contributed by atoms with Crippen LogP contribution in [0.3, 0.4) is 0 Å². The molecule has 0 saturated heterocycles. The van der Waals surface area contributed by atoms with Gasteiger partial charge in [0.2, 0.25) is 5.88 Å². The predicted molar refractivity (Wildman–Crippen MR) is 119 cm³/mol. The topological polar surface area (TPSA) is 94.6 Å². The smallest absolute Gasteiger partial charge is 0.343 e. The predicted octanol–water partition coefficient (Wildman–Crippen LogP) is 4.83. The van der Waals surface area contributed by atoms with E-state index in [0.29, 0.717) is 29.0 Å². The summed E-state index contributed by atoms with van der Waals surface area (Å²) in [5.74, 6) is -0.822. The number of benzene rings is 3. The minimum Gasteiger partial charge on any atom is -0.490 e. The van der Waals surface area contributed by atoms with Gasteiger partial charge in [0.05, 0.1) is 11.5 Å². The Morgan fingerprint density at radius 3 is 2.55 bits per heavy atom. The van der Waals surface area contributed by atoms with Gasteiger partial charge in [-0.3, -0.25) is 0 Å². The van der Waals surface area contributed by atoms with Crippen molar-refractivity contribution in [3.63, 3.8) is 0 Å². The van der Waals surface area contributed by atoms with Crippen molar-refractivity contribution in [3.05, 3.63) is 113 Å². The fraction of sp³-hybridized carbons (Fsp3) is 0.0769. The number of esters is 1. The Labute approximate surface area is 189 Å².